The molecule has 1 heterocycles. The molecule has 0 bridgehead atoms. The third-order valence-electron chi connectivity index (χ3n) is 2.67. The maximum Gasteiger partial charge on any atom is 0.131 e. The van der Waals surface area contributed by atoms with Crippen LogP contribution in [0.4, 0.5) is 0 Å². The summed E-state index contributed by atoms with van der Waals surface area (Å²) in [6.07, 6.45) is 2.52. The van der Waals surface area contributed by atoms with E-state index in [0.717, 1.165) is 23.8 Å². The summed E-state index contributed by atoms with van der Waals surface area (Å²) in [6.45, 7) is 9.38. The zero-order chi connectivity index (χ0) is 11.8. The molecule has 0 amide bonds. The van der Waals surface area contributed by atoms with Gasteiger partial charge in [0.2, 0.25) is 0 Å². The predicted octanol–water partition coefficient (Wildman–Crippen LogP) is 2.55. The lowest BCUT2D eigenvalue weighted by molar-refractivity contribution is 0.420. The van der Waals surface area contributed by atoms with E-state index in [0.29, 0.717) is 5.92 Å². The van der Waals surface area contributed by atoms with E-state index in [9.17, 15) is 0 Å². The third kappa shape index (κ3) is 3.27. The van der Waals surface area contributed by atoms with E-state index < -0.39 is 0 Å². The standard InChI is InChI=1S/C13H21N3/c1-9-7-11(8-14-13(2,3)4)16-12(15-9)10-5-6-10/h7,10,14H,5-6,8H2,1-4H3. The molecule has 3 heteroatoms. The Kier molecular flexibility index (Phi) is 2.98. The van der Waals surface area contributed by atoms with E-state index in [4.69, 9.17) is 0 Å². The van der Waals surface area contributed by atoms with Crippen molar-refractivity contribution in [1.82, 2.24) is 15.3 Å². The normalized spacial score (nSPS) is 16.5. The van der Waals surface area contributed by atoms with Crippen LogP contribution in [0.15, 0.2) is 6.07 Å². The minimum atomic E-state index is 0.137. The second-order valence-electron chi connectivity index (χ2n) is 5.74. The fraction of sp³-hybridized carbons (Fsp3) is 0.692. The summed E-state index contributed by atoms with van der Waals surface area (Å²) >= 11 is 0. The van der Waals surface area contributed by atoms with Crippen molar-refractivity contribution in [2.24, 2.45) is 0 Å². The maximum atomic E-state index is 4.63. The molecule has 1 fully saturated rings. The Morgan fingerprint density at radius 3 is 2.56 bits per heavy atom. The number of rotatable bonds is 3. The van der Waals surface area contributed by atoms with Gasteiger partial charge >= 0.3 is 0 Å². The van der Waals surface area contributed by atoms with Crippen LogP contribution in [0.1, 0.15) is 56.7 Å². The van der Waals surface area contributed by atoms with Crippen molar-refractivity contribution in [3.8, 4) is 0 Å². The van der Waals surface area contributed by atoms with Crippen LogP contribution >= 0.6 is 0 Å². The highest BCUT2D eigenvalue weighted by molar-refractivity contribution is 5.15. The minimum absolute atomic E-state index is 0.137. The fourth-order valence-electron chi connectivity index (χ4n) is 1.63. The van der Waals surface area contributed by atoms with Gasteiger partial charge in [-0.1, -0.05) is 0 Å². The molecule has 2 rings (SSSR count). The molecule has 1 aromatic heterocycles. The molecular weight excluding hydrogens is 198 g/mol. The van der Waals surface area contributed by atoms with E-state index in [1.54, 1.807) is 0 Å². The predicted molar refractivity (Wildman–Crippen MR) is 65.3 cm³/mol. The molecule has 0 unspecified atom stereocenters. The van der Waals surface area contributed by atoms with Crippen LogP contribution in [0.2, 0.25) is 0 Å². The van der Waals surface area contributed by atoms with E-state index >= 15 is 0 Å². The summed E-state index contributed by atoms with van der Waals surface area (Å²) in [6, 6.07) is 2.07. The lowest BCUT2D eigenvalue weighted by Crippen LogP contribution is -2.35. The Hall–Kier alpha value is -0.960. The molecule has 0 atom stereocenters. The van der Waals surface area contributed by atoms with Crippen molar-refractivity contribution in [3.63, 3.8) is 0 Å². The van der Waals surface area contributed by atoms with E-state index in [-0.39, 0.29) is 5.54 Å². The Morgan fingerprint density at radius 2 is 2.00 bits per heavy atom. The van der Waals surface area contributed by atoms with Crippen LogP contribution in [0, 0.1) is 6.92 Å². The Labute approximate surface area is 97.7 Å². The van der Waals surface area contributed by atoms with Gasteiger partial charge in [-0.2, -0.15) is 0 Å². The fourth-order valence-corrected chi connectivity index (χ4v) is 1.63. The second-order valence-corrected chi connectivity index (χ2v) is 5.74. The largest absolute Gasteiger partial charge is 0.306 e. The van der Waals surface area contributed by atoms with Gasteiger partial charge in [0.1, 0.15) is 5.82 Å². The maximum absolute atomic E-state index is 4.63. The highest BCUT2D eigenvalue weighted by atomic mass is 15.0. The Bertz CT molecular complexity index is 375. The van der Waals surface area contributed by atoms with Gasteiger partial charge in [-0.25, -0.2) is 9.97 Å². The molecule has 16 heavy (non-hydrogen) atoms. The molecular formula is C13H21N3. The van der Waals surface area contributed by atoms with Crippen LogP contribution in [0.3, 0.4) is 0 Å². The monoisotopic (exact) mass is 219 g/mol. The van der Waals surface area contributed by atoms with Crippen molar-refractivity contribution in [1.29, 1.82) is 0 Å². The van der Waals surface area contributed by atoms with Crippen molar-refractivity contribution < 1.29 is 0 Å². The summed E-state index contributed by atoms with van der Waals surface area (Å²) in [5.74, 6) is 1.68. The van der Waals surface area contributed by atoms with Crippen LogP contribution < -0.4 is 5.32 Å². The number of aryl methyl sites for hydroxylation is 1. The van der Waals surface area contributed by atoms with Crippen LogP contribution in [-0.4, -0.2) is 15.5 Å². The first-order chi connectivity index (χ1) is 7.44. The number of hydrogen-bond donors (Lipinski definition) is 1. The molecule has 1 saturated carbocycles. The highest BCUT2D eigenvalue weighted by Crippen LogP contribution is 2.38. The van der Waals surface area contributed by atoms with Crippen LogP contribution in [0.25, 0.3) is 0 Å². The number of nitrogens with zero attached hydrogens (tertiary/aromatic N) is 2. The lowest BCUT2D eigenvalue weighted by Gasteiger charge is -2.20. The average Bonchev–Trinajstić information content (AvgIpc) is 2.95. The summed E-state index contributed by atoms with van der Waals surface area (Å²) in [5, 5.41) is 3.46. The molecule has 3 nitrogen and oxygen atoms in total. The quantitative estimate of drug-likeness (QED) is 0.849. The van der Waals surface area contributed by atoms with Gasteiger partial charge in [-0.15, -0.1) is 0 Å². The third-order valence-corrected chi connectivity index (χ3v) is 2.67. The van der Waals surface area contributed by atoms with Crippen molar-refractivity contribution in [2.75, 3.05) is 0 Å². The molecule has 88 valence electrons. The number of hydrogen-bond acceptors (Lipinski definition) is 3. The summed E-state index contributed by atoms with van der Waals surface area (Å²) in [5.41, 5.74) is 2.34. The zero-order valence-corrected chi connectivity index (χ0v) is 10.7. The summed E-state index contributed by atoms with van der Waals surface area (Å²) < 4.78 is 0. The van der Waals surface area contributed by atoms with Crippen molar-refractivity contribution in [2.45, 2.75) is 58.5 Å². The van der Waals surface area contributed by atoms with Gasteiger partial charge in [0.05, 0.1) is 5.69 Å². The van der Waals surface area contributed by atoms with Gasteiger partial charge in [-0.3, -0.25) is 0 Å². The summed E-state index contributed by atoms with van der Waals surface area (Å²) in [7, 11) is 0. The Morgan fingerprint density at radius 1 is 1.31 bits per heavy atom. The molecule has 1 aromatic rings. The first-order valence-corrected chi connectivity index (χ1v) is 6.03. The highest BCUT2D eigenvalue weighted by Gasteiger charge is 2.27. The summed E-state index contributed by atoms with van der Waals surface area (Å²) in [4.78, 5) is 9.13. The first-order valence-electron chi connectivity index (χ1n) is 6.03. The molecule has 0 aliphatic heterocycles. The van der Waals surface area contributed by atoms with Crippen molar-refractivity contribution >= 4 is 0 Å². The Balaban J connectivity index is 2.08. The second kappa shape index (κ2) is 4.13. The van der Waals surface area contributed by atoms with Crippen molar-refractivity contribution in [3.05, 3.63) is 23.3 Å². The van der Waals surface area contributed by atoms with Gasteiger partial charge in [0.15, 0.2) is 0 Å². The minimum Gasteiger partial charge on any atom is -0.306 e. The van der Waals surface area contributed by atoms with E-state index in [1.807, 2.05) is 6.92 Å². The SMILES string of the molecule is Cc1cc(CNC(C)(C)C)nc(C2CC2)n1. The van der Waals surface area contributed by atoms with Crippen LogP contribution in [-0.2, 0) is 6.54 Å². The molecule has 1 aliphatic rings. The average molecular weight is 219 g/mol. The van der Waals surface area contributed by atoms with E-state index in [1.165, 1.54) is 12.8 Å². The van der Waals surface area contributed by atoms with Gasteiger partial charge < -0.3 is 5.32 Å². The first kappa shape index (κ1) is 11.5. The molecule has 1 N–H and O–H groups in total. The van der Waals surface area contributed by atoms with E-state index in [2.05, 4.69) is 42.1 Å². The number of nitrogens with one attached hydrogen (secondary N) is 1. The van der Waals surface area contributed by atoms with Crippen LogP contribution in [0.5, 0.6) is 0 Å². The molecule has 0 aromatic carbocycles. The zero-order valence-electron chi connectivity index (χ0n) is 10.7. The van der Waals surface area contributed by atoms with Gasteiger partial charge in [-0.05, 0) is 46.6 Å². The molecule has 0 saturated heterocycles. The molecule has 0 spiro atoms. The smallest absolute Gasteiger partial charge is 0.131 e. The van der Waals surface area contributed by atoms with Gasteiger partial charge in [0.25, 0.3) is 0 Å². The topological polar surface area (TPSA) is 37.8 Å². The molecule has 0 radical (unpaired) electrons. The number of aromatic nitrogens is 2. The lowest BCUT2D eigenvalue weighted by atomic mass is 10.1. The molecule has 1 aliphatic carbocycles. The van der Waals surface area contributed by atoms with Gasteiger partial charge in [0, 0.05) is 23.7 Å².